The van der Waals surface area contributed by atoms with E-state index in [4.69, 9.17) is 10.5 Å². The molecular weight excluding hydrogens is 362 g/mol. The van der Waals surface area contributed by atoms with Crippen LogP contribution >= 0.6 is 0 Å². The van der Waals surface area contributed by atoms with Crippen LogP contribution in [0.1, 0.15) is 39.2 Å². The van der Waals surface area contributed by atoms with E-state index in [1.54, 1.807) is 22.8 Å². The Morgan fingerprint density at radius 3 is 2.68 bits per heavy atom. The first-order valence-electron chi connectivity index (χ1n) is 9.55. The minimum Gasteiger partial charge on any atom is -0.444 e. The largest absolute Gasteiger partial charge is 0.444 e. The van der Waals surface area contributed by atoms with Crippen LogP contribution in [-0.4, -0.2) is 57.8 Å². The van der Waals surface area contributed by atoms with Gasteiger partial charge >= 0.3 is 6.09 Å². The molecule has 1 aliphatic heterocycles. The van der Waals surface area contributed by atoms with Crippen molar-refractivity contribution in [3.8, 4) is 0 Å². The fourth-order valence-corrected chi connectivity index (χ4v) is 3.20. The van der Waals surface area contributed by atoms with Crippen LogP contribution in [0.4, 0.5) is 4.79 Å². The van der Waals surface area contributed by atoms with E-state index < -0.39 is 17.4 Å². The summed E-state index contributed by atoms with van der Waals surface area (Å²) >= 11 is 0. The molecule has 2 heterocycles. The van der Waals surface area contributed by atoms with Crippen LogP contribution in [0.15, 0.2) is 12.4 Å². The van der Waals surface area contributed by atoms with E-state index in [0.29, 0.717) is 25.9 Å². The first-order chi connectivity index (χ1) is 13.0. The van der Waals surface area contributed by atoms with Gasteiger partial charge in [0.15, 0.2) is 0 Å². The van der Waals surface area contributed by atoms with Gasteiger partial charge in [-0.2, -0.15) is 5.10 Å². The maximum absolute atomic E-state index is 12.3. The van der Waals surface area contributed by atoms with Gasteiger partial charge in [-0.25, -0.2) is 4.79 Å². The lowest BCUT2D eigenvalue weighted by Gasteiger charge is -2.24. The van der Waals surface area contributed by atoms with Crippen molar-refractivity contribution < 1.29 is 19.1 Å². The highest BCUT2D eigenvalue weighted by molar-refractivity contribution is 5.80. The van der Waals surface area contributed by atoms with Crippen molar-refractivity contribution in [1.82, 2.24) is 20.0 Å². The van der Waals surface area contributed by atoms with Crippen molar-refractivity contribution in [3.05, 3.63) is 18.0 Å². The third kappa shape index (κ3) is 6.86. The summed E-state index contributed by atoms with van der Waals surface area (Å²) in [7, 11) is 1.80. The van der Waals surface area contributed by atoms with Gasteiger partial charge in [-0.05, 0) is 45.1 Å². The number of nitrogens with two attached hydrogens (primary N) is 1. The summed E-state index contributed by atoms with van der Waals surface area (Å²) in [6.45, 7) is 6.74. The molecule has 0 spiro atoms. The van der Waals surface area contributed by atoms with Gasteiger partial charge in [-0.3, -0.25) is 14.3 Å². The third-order valence-corrected chi connectivity index (χ3v) is 4.60. The Bertz CT molecular complexity index is 709. The first-order valence-corrected chi connectivity index (χ1v) is 9.55. The molecule has 3 N–H and O–H groups in total. The second-order valence-corrected chi connectivity index (χ2v) is 8.41. The molecule has 9 heteroatoms. The lowest BCUT2D eigenvalue weighted by Crippen LogP contribution is -2.38. The van der Waals surface area contributed by atoms with Crippen molar-refractivity contribution in [3.63, 3.8) is 0 Å². The van der Waals surface area contributed by atoms with Crippen LogP contribution < -0.4 is 11.1 Å². The van der Waals surface area contributed by atoms with Crippen molar-refractivity contribution >= 4 is 17.9 Å². The molecule has 2 atom stereocenters. The third-order valence-electron chi connectivity index (χ3n) is 4.60. The van der Waals surface area contributed by atoms with E-state index >= 15 is 0 Å². The maximum Gasteiger partial charge on any atom is 0.410 e. The molecule has 28 heavy (non-hydrogen) atoms. The number of aryl methyl sites for hydroxylation is 1. The number of carbonyl (C=O) groups is 3. The van der Waals surface area contributed by atoms with Gasteiger partial charge < -0.3 is 20.7 Å². The second kappa shape index (κ2) is 9.07. The minimum absolute atomic E-state index is 0.0814. The zero-order chi connectivity index (χ0) is 20.9. The maximum atomic E-state index is 12.3. The monoisotopic (exact) mass is 393 g/mol. The summed E-state index contributed by atoms with van der Waals surface area (Å²) in [5.74, 6) is -1.01. The summed E-state index contributed by atoms with van der Waals surface area (Å²) < 4.78 is 7.02. The van der Waals surface area contributed by atoms with E-state index in [1.165, 1.54) is 0 Å². The van der Waals surface area contributed by atoms with E-state index in [2.05, 4.69) is 10.4 Å². The zero-order valence-corrected chi connectivity index (χ0v) is 17.1. The molecule has 3 amide bonds. The highest BCUT2D eigenvalue weighted by atomic mass is 16.6. The number of nitrogens with zero attached hydrogens (tertiary/aromatic N) is 3. The lowest BCUT2D eigenvalue weighted by atomic mass is 10.00. The molecule has 9 nitrogen and oxygen atoms in total. The molecule has 0 aromatic carbocycles. The Kier molecular flexibility index (Phi) is 7.04. The van der Waals surface area contributed by atoms with Gasteiger partial charge in [0.2, 0.25) is 11.8 Å². The number of amides is 3. The van der Waals surface area contributed by atoms with E-state index in [0.717, 1.165) is 12.0 Å². The number of rotatable bonds is 7. The average molecular weight is 393 g/mol. The number of aromatic nitrogens is 2. The minimum atomic E-state index is -0.537. The Hall–Kier alpha value is -2.58. The van der Waals surface area contributed by atoms with E-state index in [9.17, 15) is 14.4 Å². The predicted octanol–water partition coefficient (Wildman–Crippen LogP) is 0.827. The van der Waals surface area contributed by atoms with Gasteiger partial charge in [0.05, 0.1) is 12.1 Å². The Morgan fingerprint density at radius 1 is 1.39 bits per heavy atom. The summed E-state index contributed by atoms with van der Waals surface area (Å²) in [5, 5.41) is 6.87. The topological polar surface area (TPSA) is 120 Å². The van der Waals surface area contributed by atoms with Crippen molar-refractivity contribution in [2.24, 2.45) is 24.6 Å². The van der Waals surface area contributed by atoms with Crippen LogP contribution in [0.2, 0.25) is 0 Å². The fourth-order valence-electron chi connectivity index (χ4n) is 3.20. The average Bonchev–Trinajstić information content (AvgIpc) is 3.18. The van der Waals surface area contributed by atoms with Crippen LogP contribution in [0.25, 0.3) is 0 Å². The highest BCUT2D eigenvalue weighted by Crippen LogP contribution is 2.22. The lowest BCUT2D eigenvalue weighted by molar-refractivity contribution is -0.123. The predicted molar refractivity (Wildman–Crippen MR) is 103 cm³/mol. The number of carbonyl (C=O) groups excluding carboxylic acids is 3. The van der Waals surface area contributed by atoms with E-state index in [1.807, 2.05) is 27.0 Å². The van der Waals surface area contributed by atoms with Crippen LogP contribution in [0.3, 0.4) is 0 Å². The molecule has 0 bridgehead atoms. The molecular formula is C19H31N5O4. The number of hydrogen-bond acceptors (Lipinski definition) is 5. The Balaban J connectivity index is 1.77. The molecule has 0 saturated carbocycles. The van der Waals surface area contributed by atoms with Crippen molar-refractivity contribution in [1.29, 1.82) is 0 Å². The van der Waals surface area contributed by atoms with Crippen molar-refractivity contribution in [2.45, 2.75) is 45.6 Å². The molecule has 0 unspecified atom stereocenters. The van der Waals surface area contributed by atoms with Crippen molar-refractivity contribution in [2.75, 3.05) is 19.6 Å². The number of likely N-dealkylation sites (tertiary alicyclic amines) is 1. The molecule has 1 aromatic rings. The smallest absolute Gasteiger partial charge is 0.410 e. The van der Waals surface area contributed by atoms with Gasteiger partial charge in [0.25, 0.3) is 0 Å². The molecule has 2 rings (SSSR count). The SMILES string of the molecule is Cn1cc(C[C@H](CNC(=O)C[C@@H]2CCN(C(=O)OC(C)(C)C)C2)C(N)=O)cn1. The molecule has 1 saturated heterocycles. The van der Waals surface area contributed by atoms with Gasteiger partial charge in [0, 0.05) is 39.3 Å². The standard InChI is InChI=1S/C19H31N5O4/c1-19(2,3)28-18(27)24-6-5-13(12-24)8-16(25)21-10-15(17(20)26)7-14-9-22-23(4)11-14/h9,11,13,15H,5-8,10,12H2,1-4H3,(H2,20,26)(H,21,25)/t13-,15+/m0/s1. The summed E-state index contributed by atoms with van der Waals surface area (Å²) in [6.07, 6.45) is 4.64. The van der Waals surface area contributed by atoms with E-state index in [-0.39, 0.29) is 24.5 Å². The number of hydrogen-bond donors (Lipinski definition) is 2. The zero-order valence-electron chi connectivity index (χ0n) is 17.1. The molecule has 156 valence electrons. The fraction of sp³-hybridized carbons (Fsp3) is 0.684. The number of ether oxygens (including phenoxy) is 1. The summed E-state index contributed by atoms with van der Waals surface area (Å²) in [5.41, 5.74) is 5.82. The summed E-state index contributed by atoms with van der Waals surface area (Å²) in [4.78, 5) is 37.7. The van der Waals surface area contributed by atoms with Gasteiger partial charge in [-0.15, -0.1) is 0 Å². The number of nitrogens with one attached hydrogen (secondary N) is 1. The Morgan fingerprint density at radius 2 is 2.11 bits per heavy atom. The first kappa shape index (κ1) is 21.7. The van der Waals surface area contributed by atoms with Gasteiger partial charge in [-0.1, -0.05) is 0 Å². The molecule has 0 radical (unpaired) electrons. The highest BCUT2D eigenvalue weighted by Gasteiger charge is 2.31. The molecule has 0 aliphatic carbocycles. The molecule has 1 fully saturated rings. The van der Waals surface area contributed by atoms with Crippen LogP contribution in [-0.2, 0) is 27.8 Å². The van der Waals surface area contributed by atoms with Crippen LogP contribution in [0, 0.1) is 11.8 Å². The quantitative estimate of drug-likeness (QED) is 0.711. The Labute approximate surface area is 165 Å². The van der Waals surface area contributed by atoms with Gasteiger partial charge in [0.1, 0.15) is 5.60 Å². The molecule has 1 aromatic heterocycles. The summed E-state index contributed by atoms with van der Waals surface area (Å²) in [6, 6.07) is 0. The van der Waals surface area contributed by atoms with Crippen LogP contribution in [0.5, 0.6) is 0 Å². The number of primary amides is 1. The normalized spacial score (nSPS) is 18.0. The molecule has 1 aliphatic rings. The second-order valence-electron chi connectivity index (χ2n) is 8.41.